The summed E-state index contributed by atoms with van der Waals surface area (Å²) < 4.78 is 30.2. The van der Waals surface area contributed by atoms with Gasteiger partial charge in [0.25, 0.3) is 10.0 Å². The first-order chi connectivity index (χ1) is 22.8. The van der Waals surface area contributed by atoms with E-state index in [0.29, 0.717) is 19.3 Å². The third-order valence-electron chi connectivity index (χ3n) is 13.6. The Bertz CT molecular complexity index is 1920. The first-order valence-electron chi connectivity index (χ1n) is 17.3. The second-order valence-electron chi connectivity index (χ2n) is 15.7. The average molecular weight is 704 g/mol. The Morgan fingerprint density at radius 1 is 0.938 bits per heavy atom. The highest BCUT2D eigenvalue weighted by atomic mass is 32.2. The van der Waals surface area contributed by atoms with Gasteiger partial charge in [-0.05, 0) is 98.3 Å². The van der Waals surface area contributed by atoms with Crippen molar-refractivity contribution in [2.75, 3.05) is 6.54 Å². The molecule has 0 amide bonds. The van der Waals surface area contributed by atoms with Crippen LogP contribution in [0.1, 0.15) is 78.9 Å². The summed E-state index contributed by atoms with van der Waals surface area (Å²) in [7, 11) is -3.88. The highest BCUT2D eigenvalue weighted by Gasteiger charge is 2.74. The fraction of sp³-hybridized carbons (Fsp3) is 0.513. The number of hydrogen-bond acceptors (Lipinski definition) is 7. The molecule has 3 fully saturated rings. The second kappa shape index (κ2) is 11.0. The molecule has 2 bridgehead atoms. The van der Waals surface area contributed by atoms with Crippen LogP contribution in [0.4, 0.5) is 0 Å². The Hall–Kier alpha value is -2.40. The van der Waals surface area contributed by atoms with Gasteiger partial charge in [-0.3, -0.25) is 4.79 Å². The van der Waals surface area contributed by atoms with E-state index < -0.39 is 38.0 Å². The summed E-state index contributed by atoms with van der Waals surface area (Å²) in [5.74, 6) is 0.198. The fourth-order valence-electron chi connectivity index (χ4n) is 11.1. The molecule has 6 aliphatic carbocycles. The van der Waals surface area contributed by atoms with Crippen LogP contribution in [0, 0.1) is 40.4 Å². The zero-order chi connectivity index (χ0) is 33.7. The van der Waals surface area contributed by atoms with E-state index in [0.717, 1.165) is 46.6 Å². The summed E-state index contributed by atoms with van der Waals surface area (Å²) in [5, 5.41) is 25.7. The molecule has 9 rings (SSSR count). The maximum atomic E-state index is 14.7. The molecule has 6 nitrogen and oxygen atoms in total. The maximum absolute atomic E-state index is 14.7. The number of allylic oxidation sites excluding steroid dienone is 4. The maximum Gasteiger partial charge on any atom is 0.252 e. The van der Waals surface area contributed by atoms with Crippen molar-refractivity contribution in [1.29, 1.82) is 0 Å². The van der Waals surface area contributed by atoms with E-state index in [2.05, 4.69) is 32.1 Å². The fourth-order valence-corrected chi connectivity index (χ4v) is 14.6. The lowest BCUT2D eigenvalue weighted by Gasteiger charge is -2.71. The number of rotatable bonds is 8. The van der Waals surface area contributed by atoms with Crippen LogP contribution < -0.4 is 0 Å². The summed E-state index contributed by atoms with van der Waals surface area (Å²) in [6, 6.07) is 17.0. The lowest BCUT2D eigenvalue weighted by atomic mass is 9.32. The molecular weight excluding hydrogens is 659 g/mol. The number of sulfonamides is 1. The van der Waals surface area contributed by atoms with Crippen molar-refractivity contribution in [2.24, 2.45) is 33.5 Å². The van der Waals surface area contributed by atoms with Crippen LogP contribution in [0.25, 0.3) is 0 Å². The highest BCUT2D eigenvalue weighted by Crippen LogP contribution is 2.78. The van der Waals surface area contributed by atoms with Gasteiger partial charge < -0.3 is 10.2 Å². The molecule has 48 heavy (non-hydrogen) atoms. The number of fused-ring (bicyclic) bond motifs is 1. The number of nitrogens with zero attached hydrogens (tertiary/aromatic N) is 1. The van der Waals surface area contributed by atoms with E-state index in [1.54, 1.807) is 17.5 Å². The Balaban J connectivity index is 1.23. The summed E-state index contributed by atoms with van der Waals surface area (Å²) in [6.45, 7) is 6.74. The third-order valence-corrected chi connectivity index (χ3v) is 17.8. The molecule has 2 spiro atoms. The molecule has 3 aromatic rings. The molecule has 2 heterocycles. The van der Waals surface area contributed by atoms with Gasteiger partial charge >= 0.3 is 0 Å². The predicted octanol–water partition coefficient (Wildman–Crippen LogP) is 7.78. The van der Waals surface area contributed by atoms with Crippen LogP contribution in [0.2, 0.25) is 0 Å². The standard InChI is InChI=1S/C39H45NO5S3/c1-26-11-12-30(47-26)34(42)29-23-37-19-20-39(29)31(35(37,2)16-13-28(41)22-37)14-17-36(3)32(39)15-18-38(36,43)25-40(24-27-8-5-4-6-9-27)48(44,45)33-10-7-21-46-33/h4-12,19-21,23,28,31-32,41,43H,13-18,22,24-25H2,1-3H3. The average Bonchev–Trinajstić information content (AvgIpc) is 3.81. The Kier molecular flexibility index (Phi) is 7.55. The number of aryl methyl sites for hydroxylation is 1. The smallest absolute Gasteiger partial charge is 0.252 e. The minimum atomic E-state index is -3.88. The zero-order valence-corrected chi connectivity index (χ0v) is 30.3. The lowest BCUT2D eigenvalue weighted by molar-refractivity contribution is -0.173. The van der Waals surface area contributed by atoms with Gasteiger partial charge in [-0.25, -0.2) is 8.42 Å². The Morgan fingerprint density at radius 2 is 1.67 bits per heavy atom. The highest BCUT2D eigenvalue weighted by molar-refractivity contribution is 7.91. The van der Waals surface area contributed by atoms with Gasteiger partial charge in [0.2, 0.25) is 0 Å². The minimum absolute atomic E-state index is 0.00982. The first kappa shape index (κ1) is 32.8. The molecule has 0 aliphatic heterocycles. The van der Waals surface area contributed by atoms with Gasteiger partial charge in [0.15, 0.2) is 5.78 Å². The molecule has 1 aromatic carbocycles. The lowest BCUT2D eigenvalue weighted by Crippen LogP contribution is -2.67. The van der Waals surface area contributed by atoms with E-state index >= 15 is 0 Å². The van der Waals surface area contributed by atoms with Crippen LogP contribution in [-0.2, 0) is 16.6 Å². The van der Waals surface area contributed by atoms with Gasteiger partial charge in [-0.2, -0.15) is 4.31 Å². The molecule has 0 radical (unpaired) electrons. The van der Waals surface area contributed by atoms with Crippen molar-refractivity contribution < 1.29 is 23.4 Å². The molecule has 0 saturated heterocycles. The molecule has 9 heteroatoms. The van der Waals surface area contributed by atoms with Crippen LogP contribution in [0.5, 0.6) is 0 Å². The van der Waals surface area contributed by atoms with Crippen LogP contribution >= 0.6 is 22.7 Å². The molecule has 8 atom stereocenters. The molecular formula is C39H45NO5S3. The Morgan fingerprint density at radius 3 is 2.38 bits per heavy atom. The van der Waals surface area contributed by atoms with Crippen LogP contribution in [0.3, 0.4) is 0 Å². The summed E-state index contributed by atoms with van der Waals surface area (Å²) in [5.41, 5.74) is -1.33. The number of carbonyl (C=O) groups is 1. The summed E-state index contributed by atoms with van der Waals surface area (Å²) in [6.07, 6.45) is 11.5. The van der Waals surface area contributed by atoms with E-state index in [1.165, 1.54) is 27.0 Å². The van der Waals surface area contributed by atoms with E-state index in [1.807, 2.05) is 49.4 Å². The number of benzene rings is 1. The van der Waals surface area contributed by atoms with Crippen molar-refractivity contribution in [3.8, 4) is 0 Å². The number of hydrogen-bond donors (Lipinski definition) is 2. The van der Waals surface area contributed by atoms with Crippen molar-refractivity contribution in [3.63, 3.8) is 0 Å². The Labute approximate surface area is 292 Å². The van der Waals surface area contributed by atoms with Gasteiger partial charge in [-0.15, -0.1) is 22.7 Å². The molecule has 2 N–H and O–H groups in total. The van der Waals surface area contributed by atoms with Crippen molar-refractivity contribution in [3.05, 3.63) is 99.1 Å². The van der Waals surface area contributed by atoms with Crippen LogP contribution in [0.15, 0.2) is 88.0 Å². The minimum Gasteiger partial charge on any atom is -0.393 e. The quantitative estimate of drug-likeness (QED) is 0.185. The zero-order valence-electron chi connectivity index (χ0n) is 27.9. The van der Waals surface area contributed by atoms with Gasteiger partial charge in [-0.1, -0.05) is 68.5 Å². The summed E-state index contributed by atoms with van der Waals surface area (Å²) in [4.78, 5) is 16.5. The van der Waals surface area contributed by atoms with E-state index in [9.17, 15) is 23.4 Å². The number of carbonyl (C=O) groups excluding carboxylic acids is 1. The number of thiophene rings is 2. The normalized spacial score (nSPS) is 38.4. The largest absolute Gasteiger partial charge is 0.393 e. The predicted molar refractivity (Wildman–Crippen MR) is 190 cm³/mol. The van der Waals surface area contributed by atoms with Crippen molar-refractivity contribution in [2.45, 2.75) is 88.2 Å². The van der Waals surface area contributed by atoms with Gasteiger partial charge in [0, 0.05) is 39.8 Å². The van der Waals surface area contributed by atoms with E-state index in [4.69, 9.17) is 0 Å². The topological polar surface area (TPSA) is 94.9 Å². The van der Waals surface area contributed by atoms with Crippen molar-refractivity contribution >= 4 is 38.5 Å². The first-order valence-corrected chi connectivity index (χ1v) is 20.4. The van der Waals surface area contributed by atoms with Gasteiger partial charge in [0.1, 0.15) is 4.21 Å². The SMILES string of the molecule is Cc1ccc(C(=O)C2=CC34C=CC25C(CCC2(C)C5CCC2(O)CN(Cc2ccccc2)S(=O)(=O)c2cccs2)C3(C)CCC(O)C4)s1. The van der Waals surface area contributed by atoms with Crippen LogP contribution in [-0.4, -0.2) is 47.0 Å². The number of ketones is 1. The third kappa shape index (κ3) is 4.43. The second-order valence-corrected chi connectivity index (χ2v) is 20.1. The number of aliphatic hydroxyl groups is 2. The monoisotopic (exact) mass is 703 g/mol. The van der Waals surface area contributed by atoms with Gasteiger partial charge in [0.05, 0.1) is 16.6 Å². The summed E-state index contributed by atoms with van der Waals surface area (Å²) >= 11 is 2.73. The number of aliphatic hydroxyl groups excluding tert-OH is 1. The van der Waals surface area contributed by atoms with E-state index in [-0.39, 0.29) is 40.3 Å². The number of Topliss-reactive ketones (excluding diaryl/α,β-unsaturated/α-hetero) is 1. The molecule has 6 aliphatic rings. The molecule has 254 valence electrons. The molecule has 2 aromatic heterocycles. The van der Waals surface area contributed by atoms with Crippen molar-refractivity contribution in [1.82, 2.24) is 4.31 Å². The molecule has 8 unspecified atom stereocenters. The molecule has 3 saturated carbocycles.